The molecule has 4 heterocycles. The lowest BCUT2D eigenvalue weighted by molar-refractivity contribution is -0.118. The topological polar surface area (TPSA) is 141 Å². The molecule has 0 saturated heterocycles. The van der Waals surface area contributed by atoms with Crippen LogP contribution in [0.15, 0.2) is 41.5 Å². The fraction of sp³-hybridized carbons (Fsp3) is 0.417. The van der Waals surface area contributed by atoms with E-state index in [4.69, 9.17) is 9.47 Å². The number of carbonyl (C=O) groups excluding carboxylic acids is 2. The average molecular weight is 494 g/mol. The Morgan fingerprint density at radius 2 is 2.08 bits per heavy atom. The lowest BCUT2D eigenvalue weighted by atomic mass is 9.93. The van der Waals surface area contributed by atoms with E-state index in [1.54, 1.807) is 42.2 Å². The van der Waals surface area contributed by atoms with Crippen LogP contribution < -0.4 is 25.8 Å². The van der Waals surface area contributed by atoms with Gasteiger partial charge in [0.1, 0.15) is 17.4 Å². The molecule has 0 unspecified atom stereocenters. The highest BCUT2D eigenvalue weighted by atomic mass is 16.6. The van der Waals surface area contributed by atoms with Crippen molar-refractivity contribution in [1.29, 1.82) is 0 Å². The Hall–Kier alpha value is -4.06. The molecule has 3 aromatic rings. The molecule has 3 aromatic heterocycles. The number of ether oxygens (including phenoxy) is 2. The van der Waals surface area contributed by atoms with Crippen LogP contribution in [-0.2, 0) is 16.1 Å². The largest absolute Gasteiger partial charge is 0.480 e. The standard InChI is InChI=1S/C24H27N7O5/c1-30(19-7-6-18-22(28-19)29-20(32)14-35-18)24(34)36-16-4-2-3-15(13-16)25-11-12-31-21(33)8-5-17-23(31)27-10-9-26-17/h5-10,15-16,25H,2-4,11-14H2,1H3,(H,28,29,32)/t15-,16+/m0/s1. The molecule has 188 valence electrons. The first-order valence-corrected chi connectivity index (χ1v) is 11.9. The summed E-state index contributed by atoms with van der Waals surface area (Å²) in [5.41, 5.74) is 1.12. The van der Waals surface area contributed by atoms with E-state index >= 15 is 0 Å². The van der Waals surface area contributed by atoms with Gasteiger partial charge in [0.05, 0.1) is 0 Å². The molecule has 2 amide bonds. The van der Waals surface area contributed by atoms with Gasteiger partial charge >= 0.3 is 6.09 Å². The second-order valence-electron chi connectivity index (χ2n) is 8.82. The molecule has 2 aliphatic rings. The van der Waals surface area contributed by atoms with E-state index in [1.807, 2.05) is 0 Å². The number of hydrogen-bond acceptors (Lipinski definition) is 9. The second-order valence-corrected chi connectivity index (χ2v) is 8.82. The van der Waals surface area contributed by atoms with Gasteiger partial charge in [0.25, 0.3) is 11.5 Å². The Morgan fingerprint density at radius 1 is 1.22 bits per heavy atom. The lowest BCUT2D eigenvalue weighted by Gasteiger charge is -2.31. The van der Waals surface area contributed by atoms with Crippen LogP contribution in [0.5, 0.6) is 5.75 Å². The van der Waals surface area contributed by atoms with Gasteiger partial charge in [0.2, 0.25) is 0 Å². The molecule has 0 spiro atoms. The third kappa shape index (κ3) is 5.13. The minimum atomic E-state index is -0.517. The molecule has 1 saturated carbocycles. The highest BCUT2D eigenvalue weighted by molar-refractivity contribution is 5.95. The van der Waals surface area contributed by atoms with E-state index in [2.05, 4.69) is 25.6 Å². The first-order valence-electron chi connectivity index (χ1n) is 11.9. The third-order valence-electron chi connectivity index (χ3n) is 6.35. The van der Waals surface area contributed by atoms with Crippen molar-refractivity contribution >= 4 is 34.8 Å². The summed E-state index contributed by atoms with van der Waals surface area (Å²) in [4.78, 5) is 50.9. The molecule has 5 rings (SSSR count). The Labute approximate surface area is 206 Å². The van der Waals surface area contributed by atoms with Gasteiger partial charge in [0, 0.05) is 44.6 Å². The Kier molecular flexibility index (Phi) is 6.76. The maximum absolute atomic E-state index is 12.8. The first kappa shape index (κ1) is 23.7. The number of fused-ring (bicyclic) bond motifs is 2. The predicted octanol–water partition coefficient (Wildman–Crippen LogP) is 1.69. The lowest BCUT2D eigenvalue weighted by Crippen LogP contribution is -2.41. The van der Waals surface area contributed by atoms with Crippen LogP contribution in [-0.4, -0.2) is 63.9 Å². The predicted molar refractivity (Wildman–Crippen MR) is 131 cm³/mol. The summed E-state index contributed by atoms with van der Waals surface area (Å²) in [6.45, 7) is 0.978. The van der Waals surface area contributed by atoms with Gasteiger partial charge in [-0.2, -0.15) is 0 Å². The van der Waals surface area contributed by atoms with E-state index in [0.717, 1.165) is 19.3 Å². The van der Waals surface area contributed by atoms with E-state index in [-0.39, 0.29) is 36.0 Å². The number of carbonyl (C=O) groups is 2. The fourth-order valence-corrected chi connectivity index (χ4v) is 4.50. The van der Waals surface area contributed by atoms with E-state index in [9.17, 15) is 14.4 Å². The minimum Gasteiger partial charge on any atom is -0.480 e. The van der Waals surface area contributed by atoms with Gasteiger partial charge in [0.15, 0.2) is 23.8 Å². The number of amides is 2. The van der Waals surface area contributed by atoms with E-state index in [0.29, 0.717) is 42.2 Å². The van der Waals surface area contributed by atoms with Crippen molar-refractivity contribution in [2.45, 2.75) is 44.4 Å². The molecular weight excluding hydrogens is 466 g/mol. The average Bonchev–Trinajstić information content (AvgIpc) is 2.89. The fourth-order valence-electron chi connectivity index (χ4n) is 4.50. The number of pyridine rings is 2. The molecule has 1 aliphatic heterocycles. The van der Waals surface area contributed by atoms with Crippen molar-refractivity contribution in [2.75, 3.05) is 30.4 Å². The summed E-state index contributed by atoms with van der Waals surface area (Å²) < 4.78 is 12.7. The van der Waals surface area contributed by atoms with Crippen molar-refractivity contribution in [1.82, 2.24) is 24.8 Å². The molecule has 12 heteroatoms. The molecule has 0 radical (unpaired) electrons. The molecule has 1 aliphatic carbocycles. The maximum Gasteiger partial charge on any atom is 0.415 e. The SMILES string of the molecule is CN(C(=O)O[C@@H]1CCC[C@H](NCCn2c(=O)ccc3nccnc32)C1)c1ccc2c(n1)NC(=O)CO2. The van der Waals surface area contributed by atoms with E-state index in [1.165, 1.54) is 11.0 Å². The summed E-state index contributed by atoms with van der Waals surface area (Å²) in [6, 6.07) is 6.64. The number of nitrogens with one attached hydrogen (secondary N) is 2. The summed E-state index contributed by atoms with van der Waals surface area (Å²) in [5.74, 6) is 0.788. The summed E-state index contributed by atoms with van der Waals surface area (Å²) in [7, 11) is 1.58. The van der Waals surface area contributed by atoms with Gasteiger partial charge < -0.3 is 20.1 Å². The number of anilines is 2. The molecule has 36 heavy (non-hydrogen) atoms. The van der Waals surface area contributed by atoms with E-state index < -0.39 is 6.09 Å². The number of rotatable bonds is 6. The smallest absolute Gasteiger partial charge is 0.415 e. The van der Waals surface area contributed by atoms with Crippen LogP contribution in [0.4, 0.5) is 16.4 Å². The van der Waals surface area contributed by atoms with Gasteiger partial charge in [-0.1, -0.05) is 0 Å². The van der Waals surface area contributed by atoms with Crippen LogP contribution in [0.25, 0.3) is 11.2 Å². The molecule has 12 nitrogen and oxygen atoms in total. The van der Waals surface area contributed by atoms with Crippen molar-refractivity contribution in [3.05, 3.63) is 47.0 Å². The Bertz CT molecular complexity index is 1340. The third-order valence-corrected chi connectivity index (χ3v) is 6.35. The molecule has 1 fully saturated rings. The molecular formula is C24H27N7O5. The van der Waals surface area contributed by atoms with Gasteiger partial charge in [-0.25, -0.2) is 14.8 Å². The normalized spacial score (nSPS) is 19.2. The maximum atomic E-state index is 12.8. The van der Waals surface area contributed by atoms with Crippen molar-refractivity contribution in [2.24, 2.45) is 0 Å². The zero-order chi connectivity index (χ0) is 25.1. The summed E-state index contributed by atoms with van der Waals surface area (Å²) >= 11 is 0. The van der Waals surface area contributed by atoms with Gasteiger partial charge in [-0.05, 0) is 43.9 Å². The molecule has 0 aromatic carbocycles. The zero-order valence-corrected chi connectivity index (χ0v) is 19.8. The van der Waals surface area contributed by atoms with Crippen molar-refractivity contribution in [3.8, 4) is 5.75 Å². The first-order chi connectivity index (χ1) is 17.5. The zero-order valence-electron chi connectivity index (χ0n) is 19.8. The quantitative estimate of drug-likeness (QED) is 0.525. The highest BCUT2D eigenvalue weighted by Crippen LogP contribution is 2.29. The molecule has 2 N–H and O–H groups in total. The second kappa shape index (κ2) is 10.3. The van der Waals surface area contributed by atoms with Crippen LogP contribution >= 0.6 is 0 Å². The number of hydrogen-bond donors (Lipinski definition) is 2. The number of aromatic nitrogens is 4. The van der Waals surface area contributed by atoms with Crippen molar-refractivity contribution in [3.63, 3.8) is 0 Å². The monoisotopic (exact) mass is 493 g/mol. The molecule has 2 atom stereocenters. The summed E-state index contributed by atoms with van der Waals surface area (Å²) in [5, 5.41) is 6.12. The highest BCUT2D eigenvalue weighted by Gasteiger charge is 2.27. The van der Waals surface area contributed by atoms with Crippen LogP contribution in [0.2, 0.25) is 0 Å². The van der Waals surface area contributed by atoms with Crippen molar-refractivity contribution < 1.29 is 19.1 Å². The molecule has 0 bridgehead atoms. The van der Waals surface area contributed by atoms with Gasteiger partial charge in [-0.3, -0.25) is 24.0 Å². The minimum absolute atomic E-state index is 0.0600. The Morgan fingerprint density at radius 3 is 2.97 bits per heavy atom. The van der Waals surface area contributed by atoms with Gasteiger partial charge in [-0.15, -0.1) is 0 Å². The van der Waals surface area contributed by atoms with Crippen LogP contribution in [0.1, 0.15) is 25.7 Å². The van der Waals surface area contributed by atoms with Crippen LogP contribution in [0.3, 0.4) is 0 Å². The Balaban J connectivity index is 1.15. The summed E-state index contributed by atoms with van der Waals surface area (Å²) in [6.07, 6.45) is 5.74. The van der Waals surface area contributed by atoms with Crippen LogP contribution in [0, 0.1) is 0 Å². The number of nitrogens with zero attached hydrogens (tertiary/aromatic N) is 5.